The minimum atomic E-state index is 1.04. The fraction of sp³-hybridized carbons (Fsp3) is 1.00. The Bertz CT molecular complexity index is 322. The van der Waals surface area contributed by atoms with Crippen LogP contribution in [-0.2, 0) is 0 Å². The molecular formula is C22H44N2+2. The Morgan fingerprint density at radius 3 is 1.17 bits per heavy atom. The molecule has 0 aromatic carbocycles. The second-order valence-corrected chi connectivity index (χ2v) is 9.58. The van der Waals surface area contributed by atoms with Crippen molar-refractivity contribution in [3.8, 4) is 0 Å². The van der Waals surface area contributed by atoms with Gasteiger partial charge in [-0.15, -0.1) is 0 Å². The summed E-state index contributed by atoms with van der Waals surface area (Å²) in [6.07, 6.45) is 15.1. The molecule has 1 saturated carbocycles. The lowest BCUT2D eigenvalue weighted by molar-refractivity contribution is -0.935. The molecule has 0 radical (unpaired) electrons. The van der Waals surface area contributed by atoms with E-state index in [1.54, 1.807) is 0 Å². The molecule has 0 aromatic heterocycles. The van der Waals surface area contributed by atoms with Crippen molar-refractivity contribution >= 4 is 0 Å². The van der Waals surface area contributed by atoms with Crippen LogP contribution in [0.5, 0.6) is 0 Å². The summed E-state index contributed by atoms with van der Waals surface area (Å²) < 4.78 is 2.93. The molecule has 2 saturated heterocycles. The summed E-state index contributed by atoms with van der Waals surface area (Å²) in [6.45, 7) is 16.6. The van der Waals surface area contributed by atoms with Gasteiger partial charge in [0.25, 0.3) is 0 Å². The maximum absolute atomic E-state index is 2.45. The molecule has 2 aliphatic heterocycles. The Hall–Kier alpha value is -0.0800. The van der Waals surface area contributed by atoms with Gasteiger partial charge in [0.1, 0.15) is 0 Å². The van der Waals surface area contributed by atoms with Gasteiger partial charge in [-0.25, -0.2) is 0 Å². The van der Waals surface area contributed by atoms with E-state index in [1.165, 1.54) is 126 Å². The quantitative estimate of drug-likeness (QED) is 0.609. The van der Waals surface area contributed by atoms with Crippen molar-refractivity contribution in [1.29, 1.82) is 0 Å². The Balaban J connectivity index is 1.46. The summed E-state index contributed by atoms with van der Waals surface area (Å²) in [4.78, 5) is 0. The van der Waals surface area contributed by atoms with Gasteiger partial charge in [0.05, 0.1) is 52.4 Å². The summed E-state index contributed by atoms with van der Waals surface area (Å²) in [5.74, 6) is 2.08. The van der Waals surface area contributed by atoms with E-state index in [-0.39, 0.29) is 0 Å². The number of nitrogens with zero attached hydrogens (tertiary/aromatic N) is 2. The van der Waals surface area contributed by atoms with Crippen molar-refractivity contribution in [2.24, 2.45) is 11.8 Å². The van der Waals surface area contributed by atoms with E-state index in [0.29, 0.717) is 0 Å². The number of likely N-dealkylation sites (tertiary alicyclic amines) is 2. The van der Waals surface area contributed by atoms with Gasteiger partial charge >= 0.3 is 0 Å². The van der Waals surface area contributed by atoms with Gasteiger partial charge in [0.2, 0.25) is 0 Å². The molecule has 3 aliphatic rings. The Kier molecular flexibility index (Phi) is 6.65. The lowest BCUT2D eigenvalue weighted by Crippen LogP contribution is -2.55. The standard InChI is InChI=1S/C22H44N2/c1-3-23(15-7-5-8-16-23)19-21-11-13-22(14-12-21)20-24(4-2)17-9-6-10-18-24/h21-22H,3-20H2,1-2H3/q+2. The molecule has 0 atom stereocenters. The van der Waals surface area contributed by atoms with Crippen LogP contribution >= 0.6 is 0 Å². The molecule has 0 amide bonds. The van der Waals surface area contributed by atoms with Crippen molar-refractivity contribution in [1.82, 2.24) is 0 Å². The summed E-state index contributed by atoms with van der Waals surface area (Å²) in [6, 6.07) is 0. The molecule has 24 heavy (non-hydrogen) atoms. The summed E-state index contributed by atoms with van der Waals surface area (Å²) in [5.41, 5.74) is 0. The predicted molar refractivity (Wildman–Crippen MR) is 104 cm³/mol. The van der Waals surface area contributed by atoms with Crippen LogP contribution < -0.4 is 0 Å². The average molecular weight is 337 g/mol. The third-order valence-corrected chi connectivity index (χ3v) is 8.13. The first-order valence-corrected chi connectivity index (χ1v) is 11.4. The fourth-order valence-electron chi connectivity index (χ4n) is 6.31. The van der Waals surface area contributed by atoms with Gasteiger partial charge in [0.15, 0.2) is 0 Å². The first kappa shape index (κ1) is 18.7. The maximum Gasteiger partial charge on any atom is 0.0815 e. The predicted octanol–water partition coefficient (Wildman–Crippen LogP) is 4.83. The topological polar surface area (TPSA) is 0 Å². The van der Waals surface area contributed by atoms with Gasteiger partial charge in [-0.2, -0.15) is 0 Å². The molecule has 2 nitrogen and oxygen atoms in total. The van der Waals surface area contributed by atoms with Gasteiger partial charge in [-0.1, -0.05) is 0 Å². The number of piperidine rings is 2. The van der Waals surface area contributed by atoms with Gasteiger partial charge < -0.3 is 8.97 Å². The third kappa shape index (κ3) is 4.55. The normalized spacial score (nSPS) is 33.2. The van der Waals surface area contributed by atoms with Crippen molar-refractivity contribution in [2.45, 2.75) is 78.1 Å². The Morgan fingerprint density at radius 2 is 0.875 bits per heavy atom. The van der Waals surface area contributed by atoms with E-state index in [4.69, 9.17) is 0 Å². The molecule has 2 heteroatoms. The van der Waals surface area contributed by atoms with E-state index in [0.717, 1.165) is 11.8 Å². The first-order chi connectivity index (χ1) is 11.7. The SMILES string of the molecule is CC[N+]1(CC2CCC(C[N+]3(CC)CCCCC3)CC2)CCCCC1. The van der Waals surface area contributed by atoms with Gasteiger partial charge in [0, 0.05) is 11.8 Å². The third-order valence-electron chi connectivity index (χ3n) is 8.13. The van der Waals surface area contributed by atoms with Gasteiger partial charge in [-0.05, 0) is 78.1 Å². The average Bonchev–Trinajstić information content (AvgIpc) is 2.65. The molecule has 0 bridgehead atoms. The van der Waals surface area contributed by atoms with Gasteiger partial charge in [-0.3, -0.25) is 0 Å². The summed E-state index contributed by atoms with van der Waals surface area (Å²) in [7, 11) is 0. The van der Waals surface area contributed by atoms with Crippen molar-refractivity contribution in [3.63, 3.8) is 0 Å². The monoisotopic (exact) mass is 336 g/mol. The molecule has 0 spiro atoms. The molecular weight excluding hydrogens is 292 g/mol. The van der Waals surface area contributed by atoms with Crippen LogP contribution in [0.15, 0.2) is 0 Å². The number of quaternary nitrogens is 2. The minimum Gasteiger partial charge on any atom is -0.324 e. The molecule has 3 fully saturated rings. The minimum absolute atomic E-state index is 1.04. The van der Waals surface area contributed by atoms with Crippen molar-refractivity contribution in [2.75, 3.05) is 52.4 Å². The highest BCUT2D eigenvalue weighted by atomic mass is 15.4. The number of hydrogen-bond donors (Lipinski definition) is 0. The van der Waals surface area contributed by atoms with Crippen LogP contribution in [0.4, 0.5) is 0 Å². The molecule has 0 unspecified atom stereocenters. The zero-order chi connectivity index (χ0) is 16.9. The lowest BCUT2D eigenvalue weighted by atomic mass is 9.80. The molecule has 0 aromatic rings. The zero-order valence-corrected chi connectivity index (χ0v) is 16.8. The molecule has 3 rings (SSSR count). The van der Waals surface area contributed by atoms with E-state index in [1.807, 2.05) is 0 Å². The molecule has 0 N–H and O–H groups in total. The number of hydrogen-bond acceptors (Lipinski definition) is 0. The highest BCUT2D eigenvalue weighted by Crippen LogP contribution is 2.34. The van der Waals surface area contributed by atoms with Crippen LogP contribution in [0, 0.1) is 11.8 Å². The Labute approximate surface area is 151 Å². The van der Waals surface area contributed by atoms with Crippen LogP contribution in [0.2, 0.25) is 0 Å². The lowest BCUT2D eigenvalue weighted by Gasteiger charge is -2.46. The summed E-state index contributed by atoms with van der Waals surface area (Å²) >= 11 is 0. The number of rotatable bonds is 6. The van der Waals surface area contributed by atoms with Crippen LogP contribution in [0.3, 0.4) is 0 Å². The second-order valence-electron chi connectivity index (χ2n) is 9.58. The van der Waals surface area contributed by atoms with Crippen LogP contribution in [0.25, 0.3) is 0 Å². The van der Waals surface area contributed by atoms with Crippen LogP contribution in [-0.4, -0.2) is 61.3 Å². The Morgan fingerprint density at radius 1 is 0.542 bits per heavy atom. The molecule has 2 heterocycles. The summed E-state index contributed by atoms with van der Waals surface area (Å²) in [5, 5.41) is 0. The van der Waals surface area contributed by atoms with E-state index >= 15 is 0 Å². The molecule has 1 aliphatic carbocycles. The maximum atomic E-state index is 2.45. The zero-order valence-electron chi connectivity index (χ0n) is 16.8. The smallest absolute Gasteiger partial charge is 0.0815 e. The molecule has 140 valence electrons. The van der Waals surface area contributed by atoms with E-state index in [9.17, 15) is 0 Å². The largest absolute Gasteiger partial charge is 0.324 e. The van der Waals surface area contributed by atoms with Crippen molar-refractivity contribution < 1.29 is 8.97 Å². The van der Waals surface area contributed by atoms with E-state index in [2.05, 4.69) is 13.8 Å². The van der Waals surface area contributed by atoms with Crippen LogP contribution in [0.1, 0.15) is 78.1 Å². The van der Waals surface area contributed by atoms with E-state index < -0.39 is 0 Å². The second kappa shape index (κ2) is 8.54. The van der Waals surface area contributed by atoms with Crippen molar-refractivity contribution in [3.05, 3.63) is 0 Å². The highest BCUT2D eigenvalue weighted by molar-refractivity contribution is 4.74. The highest BCUT2D eigenvalue weighted by Gasteiger charge is 2.36. The fourth-order valence-corrected chi connectivity index (χ4v) is 6.31. The first-order valence-electron chi connectivity index (χ1n) is 11.4.